The van der Waals surface area contributed by atoms with E-state index in [1.165, 1.54) is 10.6 Å². The van der Waals surface area contributed by atoms with Gasteiger partial charge in [-0.05, 0) is 0 Å². The largest absolute Gasteiger partial charge is 0.335 e. The molecule has 0 aliphatic rings. The van der Waals surface area contributed by atoms with Gasteiger partial charge in [-0.3, -0.25) is 9.59 Å². The first-order valence-corrected chi connectivity index (χ1v) is 3.15. The van der Waals surface area contributed by atoms with Crippen LogP contribution in [-0.2, 0) is 9.59 Å². The molecule has 0 saturated heterocycles. The quantitative estimate of drug-likeness (QED) is 0.256. The molecule has 0 heterocycles. The molecule has 10 heteroatoms. The van der Waals surface area contributed by atoms with Gasteiger partial charge < -0.3 is 10.6 Å². The molecule has 0 saturated carbocycles. The Morgan fingerprint density at radius 3 is 1.29 bits per heavy atom. The molecule has 0 rings (SSSR count). The van der Waals surface area contributed by atoms with Crippen molar-refractivity contribution in [3.05, 3.63) is 0 Å². The zero-order valence-corrected chi connectivity index (χ0v) is 6.53. The van der Waals surface area contributed by atoms with Gasteiger partial charge in [-0.15, -0.1) is 0 Å². The smallest absolute Gasteiger partial charge is 0.208 e. The van der Waals surface area contributed by atoms with E-state index in [1.807, 2.05) is 0 Å². The van der Waals surface area contributed by atoms with Crippen LogP contribution >= 0.6 is 0 Å². The van der Waals surface area contributed by atoms with Gasteiger partial charge in [-0.1, -0.05) is 17.9 Å². The Bertz CT molecular complexity index is 172. The Balaban J connectivity index is 4.52. The van der Waals surface area contributed by atoms with E-state index < -0.39 is 23.0 Å². The Kier molecular flexibility index (Phi) is 5.48. The molecule has 0 bridgehead atoms. The summed E-state index contributed by atoms with van der Waals surface area (Å²) < 4.78 is 47.7. The van der Waals surface area contributed by atoms with Gasteiger partial charge in [-0.25, -0.2) is 0 Å². The molecule has 82 valence electrons. The molecule has 0 aliphatic heterocycles. The minimum absolute atomic E-state index is 0.195. The fourth-order valence-electron chi connectivity index (χ4n) is 0.648. The van der Waals surface area contributed by atoms with Crippen LogP contribution in [0.3, 0.4) is 0 Å². The second kappa shape index (κ2) is 6.10. The molecule has 0 fully saturated rings. The van der Waals surface area contributed by atoms with Crippen molar-refractivity contribution < 1.29 is 27.5 Å². The summed E-state index contributed by atoms with van der Waals surface area (Å²) in [6.07, 6.45) is -5.07. The average Bonchev–Trinajstić information content (AvgIpc) is 2.10. The minimum Gasteiger partial charge on any atom is -0.335 e. The number of carbonyl (C=O) groups is 2. The van der Waals surface area contributed by atoms with Crippen molar-refractivity contribution >= 4 is 12.8 Å². The monoisotopic (exact) mass is 218 g/mol. The molecular weight excluding hydrogens is 212 g/mol. The van der Waals surface area contributed by atoms with Crippen LogP contribution in [0.2, 0.25) is 0 Å². The van der Waals surface area contributed by atoms with Crippen molar-refractivity contribution in [2.24, 2.45) is 0 Å². The third-order valence-corrected chi connectivity index (χ3v) is 1.20. The fraction of sp³-hybridized carbons (Fsp3) is 0.500. The molecule has 0 aromatic rings. The predicted octanol–water partition coefficient (Wildman–Crippen LogP) is -0.727. The van der Waals surface area contributed by atoms with Crippen molar-refractivity contribution in [2.75, 3.05) is 0 Å². The van der Waals surface area contributed by atoms with Gasteiger partial charge in [0, 0.05) is 10.7 Å². The van der Waals surface area contributed by atoms with Crippen LogP contribution in [0.1, 0.15) is 0 Å². The predicted molar refractivity (Wildman–Crippen MR) is 34.1 cm³/mol. The van der Waals surface area contributed by atoms with Crippen LogP contribution in [0, 0.1) is 0 Å². The lowest BCUT2D eigenvalue weighted by Gasteiger charge is -2.24. The molecule has 2 amide bonds. The highest BCUT2D eigenvalue weighted by molar-refractivity contribution is 5.48. The molecule has 0 radical (unpaired) electrons. The van der Waals surface area contributed by atoms with Crippen LogP contribution in [0.5, 0.6) is 0 Å². The molecule has 14 heavy (non-hydrogen) atoms. The Morgan fingerprint density at radius 1 is 0.857 bits per heavy atom. The lowest BCUT2D eigenvalue weighted by Crippen LogP contribution is -2.56. The van der Waals surface area contributed by atoms with E-state index in [0.717, 1.165) is 0 Å². The summed E-state index contributed by atoms with van der Waals surface area (Å²) in [5.74, 6) is 0. The number of nitrogens with zero attached hydrogens (tertiary/aromatic N) is 2. The number of hydrogen-bond donors (Lipinski definition) is 2. The maximum atomic E-state index is 11.9. The molecular formula is C4H6F4N4O2. The molecule has 6 nitrogen and oxygen atoms in total. The molecule has 0 aromatic carbocycles. The first kappa shape index (κ1) is 12.6. The van der Waals surface area contributed by atoms with Crippen LogP contribution in [0.15, 0.2) is 0 Å². The highest BCUT2D eigenvalue weighted by Crippen LogP contribution is 2.08. The van der Waals surface area contributed by atoms with Gasteiger partial charge in [0.05, 0.1) is 0 Å². The van der Waals surface area contributed by atoms with Crippen molar-refractivity contribution in [3.8, 4) is 0 Å². The van der Waals surface area contributed by atoms with Gasteiger partial charge in [0.2, 0.25) is 12.8 Å². The van der Waals surface area contributed by atoms with E-state index in [4.69, 9.17) is 0 Å². The Labute approximate surface area is 75.2 Å². The van der Waals surface area contributed by atoms with E-state index in [1.54, 1.807) is 0 Å². The number of halogens is 4. The number of rotatable bonds is 7. The second-order valence-corrected chi connectivity index (χ2v) is 1.98. The second-order valence-electron chi connectivity index (χ2n) is 1.98. The standard InChI is InChI=1S/C4H6F4N4O2/c5-11(6)3(9-1-13)4(10-2-14)12(7)8/h1-4H,(H,9,13)(H,10,14). The molecule has 0 aromatic heterocycles. The van der Waals surface area contributed by atoms with Crippen molar-refractivity contribution in [1.82, 2.24) is 21.3 Å². The average molecular weight is 218 g/mol. The molecule has 2 atom stereocenters. The fourth-order valence-corrected chi connectivity index (χ4v) is 0.648. The summed E-state index contributed by atoms with van der Waals surface area (Å²) in [7, 11) is 0. The highest BCUT2D eigenvalue weighted by atomic mass is 19.4. The Morgan fingerprint density at radius 2 is 1.14 bits per heavy atom. The lowest BCUT2D eigenvalue weighted by molar-refractivity contribution is -0.267. The van der Waals surface area contributed by atoms with Gasteiger partial charge in [0.1, 0.15) is 0 Å². The van der Waals surface area contributed by atoms with Crippen LogP contribution in [0.25, 0.3) is 0 Å². The third kappa shape index (κ3) is 3.53. The zero-order valence-electron chi connectivity index (χ0n) is 6.53. The lowest BCUT2D eigenvalue weighted by atomic mass is 10.4. The first-order valence-electron chi connectivity index (χ1n) is 3.15. The highest BCUT2D eigenvalue weighted by Gasteiger charge is 2.34. The van der Waals surface area contributed by atoms with Gasteiger partial charge >= 0.3 is 0 Å². The van der Waals surface area contributed by atoms with Crippen molar-refractivity contribution in [3.63, 3.8) is 0 Å². The summed E-state index contributed by atoms with van der Waals surface area (Å²) in [5.41, 5.74) is 0. The van der Waals surface area contributed by atoms with Gasteiger partial charge in [-0.2, -0.15) is 0 Å². The van der Waals surface area contributed by atoms with E-state index in [2.05, 4.69) is 0 Å². The summed E-state index contributed by atoms with van der Waals surface area (Å²) >= 11 is 0. The van der Waals surface area contributed by atoms with E-state index in [-0.39, 0.29) is 12.8 Å². The van der Waals surface area contributed by atoms with Gasteiger partial charge in [0.15, 0.2) is 12.3 Å². The molecule has 0 aliphatic carbocycles. The first-order chi connectivity index (χ1) is 6.54. The number of hydrogen-bond acceptors (Lipinski definition) is 4. The van der Waals surface area contributed by atoms with Gasteiger partial charge in [0.25, 0.3) is 0 Å². The zero-order chi connectivity index (χ0) is 11.1. The van der Waals surface area contributed by atoms with Crippen LogP contribution in [0.4, 0.5) is 17.9 Å². The van der Waals surface area contributed by atoms with Crippen molar-refractivity contribution in [2.45, 2.75) is 12.3 Å². The number of amides is 2. The van der Waals surface area contributed by atoms with E-state index in [9.17, 15) is 27.5 Å². The SMILES string of the molecule is O=CNC(C(NC=O)N(F)F)N(F)F. The Hall–Kier alpha value is -1.42. The van der Waals surface area contributed by atoms with E-state index >= 15 is 0 Å². The summed E-state index contributed by atoms with van der Waals surface area (Å²) in [6.45, 7) is 0. The van der Waals surface area contributed by atoms with Crippen LogP contribution in [-0.4, -0.2) is 35.8 Å². The molecule has 2 unspecified atom stereocenters. The minimum atomic E-state index is -2.34. The summed E-state index contributed by atoms with van der Waals surface area (Å²) in [5, 5.41) is -0.529. The maximum absolute atomic E-state index is 11.9. The summed E-state index contributed by atoms with van der Waals surface area (Å²) in [6, 6.07) is 0. The molecule has 0 spiro atoms. The third-order valence-electron chi connectivity index (χ3n) is 1.20. The topological polar surface area (TPSA) is 64.7 Å². The van der Waals surface area contributed by atoms with Crippen molar-refractivity contribution in [1.29, 1.82) is 0 Å². The number of nitrogens with one attached hydrogen (secondary N) is 2. The maximum Gasteiger partial charge on any atom is 0.208 e. The number of carbonyl (C=O) groups excluding carboxylic acids is 2. The normalized spacial score (nSPS) is 15.0. The molecule has 2 N–H and O–H groups in total. The summed E-state index contributed by atoms with van der Waals surface area (Å²) in [4.78, 5) is 19.6. The van der Waals surface area contributed by atoms with E-state index in [0.29, 0.717) is 0 Å². The van der Waals surface area contributed by atoms with Crippen LogP contribution < -0.4 is 10.6 Å².